The maximum atomic E-state index is 5.40. The molecule has 0 amide bonds. The Hall–Kier alpha value is -1.28. The van der Waals surface area contributed by atoms with Crippen LogP contribution in [0, 0.1) is 6.92 Å². The fourth-order valence-corrected chi connectivity index (χ4v) is 1.83. The molecule has 2 heteroatoms. The Balaban J connectivity index is 3.15. The molecule has 0 aromatic heterocycles. The van der Waals surface area contributed by atoms with Gasteiger partial charge in [0.05, 0.1) is 13.2 Å². The van der Waals surface area contributed by atoms with E-state index in [-0.39, 0.29) is 6.04 Å². The van der Waals surface area contributed by atoms with Crippen LogP contribution in [0.3, 0.4) is 0 Å². The van der Waals surface area contributed by atoms with Crippen LogP contribution in [-0.4, -0.2) is 13.7 Å². The van der Waals surface area contributed by atoms with Crippen molar-refractivity contribution in [2.75, 3.05) is 13.7 Å². The van der Waals surface area contributed by atoms with Crippen LogP contribution in [0.1, 0.15) is 31.0 Å². The lowest BCUT2D eigenvalue weighted by Crippen LogP contribution is -2.22. The van der Waals surface area contributed by atoms with Gasteiger partial charge in [-0.3, -0.25) is 0 Å². The minimum atomic E-state index is 0.167. The fraction of sp³-hybridized carbons (Fsp3) is 0.429. The number of aryl methyl sites for hydroxylation is 1. The molecule has 1 aromatic carbocycles. The standard InChI is InChI=1S/C14H21NO/c1-6-15-14(10(2)3)12-9-11(4)7-8-13(12)16-5/h7-9,14-15H,2,6H2,1,3-5H3. The molecule has 88 valence electrons. The lowest BCUT2D eigenvalue weighted by Gasteiger charge is -2.21. The van der Waals surface area contributed by atoms with Gasteiger partial charge in [-0.25, -0.2) is 0 Å². The van der Waals surface area contributed by atoms with Gasteiger partial charge in [-0.15, -0.1) is 0 Å². The van der Waals surface area contributed by atoms with Gasteiger partial charge in [0.2, 0.25) is 0 Å². The highest BCUT2D eigenvalue weighted by molar-refractivity contribution is 5.42. The highest BCUT2D eigenvalue weighted by Gasteiger charge is 2.15. The summed E-state index contributed by atoms with van der Waals surface area (Å²) in [4.78, 5) is 0. The molecule has 0 spiro atoms. The summed E-state index contributed by atoms with van der Waals surface area (Å²) in [5.41, 5.74) is 3.50. The lowest BCUT2D eigenvalue weighted by molar-refractivity contribution is 0.404. The fourth-order valence-electron chi connectivity index (χ4n) is 1.83. The first-order valence-corrected chi connectivity index (χ1v) is 5.63. The molecular formula is C14H21NO. The zero-order valence-electron chi connectivity index (χ0n) is 10.6. The maximum Gasteiger partial charge on any atom is 0.123 e. The Labute approximate surface area is 98.3 Å². The van der Waals surface area contributed by atoms with E-state index < -0.39 is 0 Å². The van der Waals surface area contributed by atoms with E-state index in [2.05, 4.69) is 37.9 Å². The molecule has 0 aliphatic rings. The van der Waals surface area contributed by atoms with E-state index in [1.807, 2.05) is 13.0 Å². The van der Waals surface area contributed by atoms with Gasteiger partial charge in [-0.2, -0.15) is 0 Å². The van der Waals surface area contributed by atoms with Crippen LogP contribution in [0.15, 0.2) is 30.4 Å². The summed E-state index contributed by atoms with van der Waals surface area (Å²) in [6, 6.07) is 6.39. The second-order valence-electron chi connectivity index (χ2n) is 4.08. The molecule has 1 aromatic rings. The topological polar surface area (TPSA) is 21.3 Å². The first kappa shape index (κ1) is 12.8. The zero-order chi connectivity index (χ0) is 12.1. The molecule has 1 N–H and O–H groups in total. The molecule has 1 unspecified atom stereocenters. The molecule has 0 saturated carbocycles. The number of methoxy groups -OCH3 is 1. The van der Waals surface area contributed by atoms with Crippen molar-refractivity contribution in [3.63, 3.8) is 0 Å². The SMILES string of the molecule is C=C(C)C(NCC)c1cc(C)ccc1OC. The Morgan fingerprint density at radius 1 is 1.50 bits per heavy atom. The first-order valence-electron chi connectivity index (χ1n) is 5.63. The van der Waals surface area contributed by atoms with Crippen molar-refractivity contribution in [2.45, 2.75) is 26.8 Å². The van der Waals surface area contributed by atoms with Gasteiger partial charge in [0.15, 0.2) is 0 Å². The molecule has 0 aliphatic carbocycles. The number of benzene rings is 1. The summed E-state index contributed by atoms with van der Waals surface area (Å²) in [5, 5.41) is 3.42. The van der Waals surface area contributed by atoms with Crippen molar-refractivity contribution in [2.24, 2.45) is 0 Å². The predicted octanol–water partition coefficient (Wildman–Crippen LogP) is 3.23. The average Bonchev–Trinajstić information content (AvgIpc) is 2.25. The Kier molecular flexibility index (Phi) is 4.56. The quantitative estimate of drug-likeness (QED) is 0.768. The smallest absolute Gasteiger partial charge is 0.123 e. The number of nitrogens with one attached hydrogen (secondary N) is 1. The second-order valence-corrected chi connectivity index (χ2v) is 4.08. The minimum Gasteiger partial charge on any atom is -0.496 e. The zero-order valence-corrected chi connectivity index (χ0v) is 10.6. The molecule has 0 bridgehead atoms. The van der Waals surface area contributed by atoms with Crippen LogP contribution in [0.2, 0.25) is 0 Å². The third kappa shape index (κ3) is 2.86. The van der Waals surface area contributed by atoms with Crippen LogP contribution < -0.4 is 10.1 Å². The summed E-state index contributed by atoms with van der Waals surface area (Å²) >= 11 is 0. The van der Waals surface area contributed by atoms with E-state index in [9.17, 15) is 0 Å². The van der Waals surface area contributed by atoms with Gasteiger partial charge in [-0.1, -0.05) is 36.8 Å². The van der Waals surface area contributed by atoms with Crippen molar-refractivity contribution < 1.29 is 4.74 Å². The maximum absolute atomic E-state index is 5.40. The van der Waals surface area contributed by atoms with E-state index in [0.29, 0.717) is 0 Å². The van der Waals surface area contributed by atoms with Crippen molar-refractivity contribution >= 4 is 0 Å². The summed E-state index contributed by atoms with van der Waals surface area (Å²) in [5.74, 6) is 0.916. The molecule has 2 nitrogen and oxygen atoms in total. The highest BCUT2D eigenvalue weighted by atomic mass is 16.5. The molecular weight excluding hydrogens is 198 g/mol. The molecule has 16 heavy (non-hydrogen) atoms. The molecule has 0 radical (unpaired) electrons. The third-order valence-corrected chi connectivity index (χ3v) is 2.60. The van der Waals surface area contributed by atoms with Crippen molar-refractivity contribution in [3.05, 3.63) is 41.5 Å². The van der Waals surface area contributed by atoms with Gasteiger partial charge >= 0.3 is 0 Å². The first-order chi connectivity index (χ1) is 7.60. The predicted molar refractivity (Wildman–Crippen MR) is 69.0 cm³/mol. The van der Waals surface area contributed by atoms with Crippen molar-refractivity contribution in [1.29, 1.82) is 0 Å². The molecule has 1 atom stereocenters. The Morgan fingerprint density at radius 2 is 2.19 bits per heavy atom. The average molecular weight is 219 g/mol. The van der Waals surface area contributed by atoms with E-state index in [1.54, 1.807) is 7.11 Å². The van der Waals surface area contributed by atoms with Crippen LogP contribution in [-0.2, 0) is 0 Å². The molecule has 0 aliphatic heterocycles. The van der Waals surface area contributed by atoms with Gasteiger partial charge < -0.3 is 10.1 Å². The Morgan fingerprint density at radius 3 is 2.69 bits per heavy atom. The molecule has 0 fully saturated rings. The van der Waals surface area contributed by atoms with Crippen LogP contribution >= 0.6 is 0 Å². The summed E-state index contributed by atoms with van der Waals surface area (Å²) < 4.78 is 5.40. The van der Waals surface area contributed by atoms with Gasteiger partial charge in [0.1, 0.15) is 5.75 Å². The van der Waals surface area contributed by atoms with Crippen LogP contribution in [0.4, 0.5) is 0 Å². The van der Waals surface area contributed by atoms with Gasteiger partial charge in [-0.05, 0) is 26.5 Å². The lowest BCUT2D eigenvalue weighted by atomic mass is 9.98. The van der Waals surface area contributed by atoms with Crippen molar-refractivity contribution in [3.8, 4) is 5.75 Å². The second kappa shape index (κ2) is 5.71. The van der Waals surface area contributed by atoms with Crippen molar-refractivity contribution in [1.82, 2.24) is 5.32 Å². The van der Waals surface area contributed by atoms with Gasteiger partial charge in [0.25, 0.3) is 0 Å². The Bertz CT molecular complexity index is 371. The largest absolute Gasteiger partial charge is 0.496 e. The molecule has 0 saturated heterocycles. The normalized spacial score (nSPS) is 12.2. The number of rotatable bonds is 5. The molecule has 1 rings (SSSR count). The van der Waals surface area contributed by atoms with E-state index in [1.165, 1.54) is 5.56 Å². The summed E-state index contributed by atoms with van der Waals surface area (Å²) in [6.07, 6.45) is 0. The third-order valence-electron chi connectivity index (χ3n) is 2.60. The minimum absolute atomic E-state index is 0.167. The van der Waals surface area contributed by atoms with Crippen LogP contribution in [0.25, 0.3) is 0 Å². The summed E-state index contributed by atoms with van der Waals surface area (Å²) in [6.45, 7) is 11.2. The van der Waals surface area contributed by atoms with E-state index >= 15 is 0 Å². The monoisotopic (exact) mass is 219 g/mol. The van der Waals surface area contributed by atoms with Gasteiger partial charge in [0, 0.05) is 5.56 Å². The number of ether oxygens (including phenoxy) is 1. The van der Waals surface area contributed by atoms with E-state index in [4.69, 9.17) is 4.74 Å². The molecule has 0 heterocycles. The van der Waals surface area contributed by atoms with E-state index in [0.717, 1.165) is 23.4 Å². The van der Waals surface area contributed by atoms with Crippen LogP contribution in [0.5, 0.6) is 5.75 Å². The number of likely N-dealkylation sites (N-methyl/N-ethyl adjacent to an activating group) is 1. The highest BCUT2D eigenvalue weighted by Crippen LogP contribution is 2.29. The number of hydrogen-bond acceptors (Lipinski definition) is 2. The summed E-state index contributed by atoms with van der Waals surface area (Å²) in [7, 11) is 1.70. The number of hydrogen-bond donors (Lipinski definition) is 1.